The average molecular weight is 745 g/mol. The van der Waals surface area contributed by atoms with Crippen molar-refractivity contribution >= 4 is 49.6 Å². The Labute approximate surface area is 296 Å². The molecular weight excluding hydrogens is 710 g/mol. The minimum atomic E-state index is -0.379. The van der Waals surface area contributed by atoms with Crippen molar-refractivity contribution in [1.29, 1.82) is 0 Å². The predicted octanol–water partition coefficient (Wildman–Crippen LogP) is 9.04. The summed E-state index contributed by atoms with van der Waals surface area (Å²) in [5.74, 6) is 2.96. The van der Waals surface area contributed by atoms with E-state index in [-0.39, 0.29) is 34.5 Å². The van der Waals surface area contributed by atoms with E-state index in [9.17, 15) is 4.79 Å². The summed E-state index contributed by atoms with van der Waals surface area (Å²) in [6.07, 6.45) is 0.637. The van der Waals surface area contributed by atoms with Crippen molar-refractivity contribution in [3.05, 3.63) is 93.6 Å². The van der Waals surface area contributed by atoms with E-state index in [0.717, 1.165) is 37.3 Å². The number of ether oxygens (including phenoxy) is 6. The third-order valence-corrected chi connectivity index (χ3v) is 9.73. The van der Waals surface area contributed by atoms with Gasteiger partial charge in [0.15, 0.2) is 17.3 Å². The molecule has 0 N–H and O–H groups in total. The van der Waals surface area contributed by atoms with Gasteiger partial charge in [0.2, 0.25) is 16.9 Å². The summed E-state index contributed by atoms with van der Waals surface area (Å²) in [6.45, 7) is 0.249. The number of halogens is 1. The second kappa shape index (κ2) is 15.1. The summed E-state index contributed by atoms with van der Waals surface area (Å²) in [6, 6.07) is 25.0. The van der Waals surface area contributed by atoms with Crippen LogP contribution in [0.4, 0.5) is 0 Å². The molecule has 9 nitrogen and oxygen atoms in total. The van der Waals surface area contributed by atoms with Crippen molar-refractivity contribution in [2.24, 2.45) is 0 Å². The summed E-state index contributed by atoms with van der Waals surface area (Å²) in [5.41, 5.74) is 3.23. The number of para-hydroxylation sites is 1. The fraction of sp³-hybridized carbons (Fsp3) is 0.211. The van der Waals surface area contributed by atoms with E-state index < -0.39 is 0 Å². The molecule has 49 heavy (non-hydrogen) atoms. The van der Waals surface area contributed by atoms with Gasteiger partial charge in [0.25, 0.3) is 0 Å². The zero-order valence-electron chi connectivity index (χ0n) is 27.6. The number of pyridine rings is 1. The lowest BCUT2D eigenvalue weighted by Crippen LogP contribution is -2.12. The molecule has 0 fully saturated rings. The Hall–Kier alpha value is -4.87. The molecule has 6 rings (SSSR count). The van der Waals surface area contributed by atoms with Crippen LogP contribution in [0.2, 0.25) is 0 Å². The summed E-state index contributed by atoms with van der Waals surface area (Å²) in [5, 5.41) is 1.32. The van der Waals surface area contributed by atoms with Gasteiger partial charge in [-0.1, -0.05) is 52.3 Å². The van der Waals surface area contributed by atoms with Gasteiger partial charge in [-0.3, -0.25) is 4.79 Å². The lowest BCUT2D eigenvalue weighted by atomic mass is 10.1. The molecular formula is C38H34BrNO8S. The van der Waals surface area contributed by atoms with Gasteiger partial charge >= 0.3 is 0 Å². The number of hydrogen-bond donors (Lipinski definition) is 0. The Balaban J connectivity index is 1.33. The summed E-state index contributed by atoms with van der Waals surface area (Å²) in [4.78, 5) is 20.2. The van der Waals surface area contributed by atoms with Crippen LogP contribution in [0.25, 0.3) is 44.5 Å². The van der Waals surface area contributed by atoms with Crippen LogP contribution in [-0.2, 0) is 0 Å². The highest BCUT2D eigenvalue weighted by molar-refractivity contribution is 9.10. The number of hydrogen-bond acceptors (Lipinski definition) is 10. The molecule has 6 aromatic rings. The first-order valence-electron chi connectivity index (χ1n) is 15.3. The maximum Gasteiger partial charge on any atom is 0.239 e. The van der Waals surface area contributed by atoms with Crippen molar-refractivity contribution in [1.82, 2.24) is 4.98 Å². The van der Waals surface area contributed by atoms with Gasteiger partial charge < -0.3 is 32.8 Å². The summed E-state index contributed by atoms with van der Waals surface area (Å²) >= 11 is 5.38. The Kier molecular flexibility index (Phi) is 10.5. The molecule has 0 spiro atoms. The van der Waals surface area contributed by atoms with Crippen LogP contribution in [-0.4, -0.2) is 52.9 Å². The fourth-order valence-corrected chi connectivity index (χ4v) is 7.03. The molecule has 11 heteroatoms. The number of thioether (sulfide) groups is 1. The molecule has 0 saturated heterocycles. The van der Waals surface area contributed by atoms with E-state index in [2.05, 4.69) is 34.1 Å². The van der Waals surface area contributed by atoms with Gasteiger partial charge in [0, 0.05) is 43.8 Å². The first-order valence-corrected chi connectivity index (χ1v) is 17.1. The Morgan fingerprint density at radius 1 is 0.776 bits per heavy atom. The maximum absolute atomic E-state index is 14.2. The number of nitrogens with zero attached hydrogens (tertiary/aromatic N) is 1. The van der Waals surface area contributed by atoms with E-state index in [1.165, 1.54) is 35.5 Å². The standard InChI is InChI=1S/C38H34BrNO8S/c1-42-23-19-29(43-2)34-30(20-23)48-36(22-17-31(44-3)37(46-5)32(18-22)45-4)38(35(34)41)47-15-10-16-49-33-21-28(24-11-6-8-13-26(24)39)40-27-14-9-7-12-25(27)33/h6-9,11-14,17-21H,10,15-16H2,1-5H3. The van der Waals surface area contributed by atoms with Crippen LogP contribution in [0.15, 0.2) is 97.4 Å². The highest BCUT2D eigenvalue weighted by atomic mass is 79.9. The topological polar surface area (TPSA) is 98.5 Å². The quantitative estimate of drug-likeness (QED) is 0.0842. The summed E-state index contributed by atoms with van der Waals surface area (Å²) < 4.78 is 41.4. The van der Waals surface area contributed by atoms with Crippen molar-refractivity contribution in [2.45, 2.75) is 11.3 Å². The first kappa shape index (κ1) is 34.0. The molecule has 0 saturated carbocycles. The Bertz CT molecular complexity index is 2180. The largest absolute Gasteiger partial charge is 0.496 e. The molecule has 252 valence electrons. The lowest BCUT2D eigenvalue weighted by molar-refractivity contribution is 0.309. The molecule has 2 heterocycles. The monoisotopic (exact) mass is 743 g/mol. The number of aromatic nitrogens is 1. The minimum absolute atomic E-state index is 0.0424. The molecule has 0 aliphatic carbocycles. The first-order chi connectivity index (χ1) is 23.9. The SMILES string of the molecule is COc1cc(OC)c2c(=O)c(OCCCSc3cc(-c4ccccc4Br)nc4ccccc34)c(-c3cc(OC)c(OC)c(OC)c3)oc2c1. The van der Waals surface area contributed by atoms with Gasteiger partial charge in [-0.15, -0.1) is 11.8 Å². The van der Waals surface area contributed by atoms with Gasteiger partial charge in [-0.25, -0.2) is 4.98 Å². The summed E-state index contributed by atoms with van der Waals surface area (Å²) in [7, 11) is 7.59. The van der Waals surface area contributed by atoms with Crippen molar-refractivity contribution < 1.29 is 32.8 Å². The fourth-order valence-electron chi connectivity index (χ4n) is 5.54. The third kappa shape index (κ3) is 6.86. The second-order valence-electron chi connectivity index (χ2n) is 10.8. The number of benzene rings is 4. The van der Waals surface area contributed by atoms with Crippen molar-refractivity contribution in [3.63, 3.8) is 0 Å². The molecule has 2 aromatic heterocycles. The van der Waals surface area contributed by atoms with E-state index in [0.29, 0.717) is 40.7 Å². The highest BCUT2D eigenvalue weighted by Crippen LogP contribution is 2.44. The van der Waals surface area contributed by atoms with Gasteiger partial charge in [-0.2, -0.15) is 0 Å². The molecule has 0 aliphatic rings. The second-order valence-corrected chi connectivity index (χ2v) is 12.8. The van der Waals surface area contributed by atoms with Crippen LogP contribution in [0.3, 0.4) is 0 Å². The van der Waals surface area contributed by atoms with E-state index in [1.54, 1.807) is 36.0 Å². The van der Waals surface area contributed by atoms with E-state index in [1.807, 2.05) is 36.4 Å². The average Bonchev–Trinajstić information content (AvgIpc) is 3.14. The number of methoxy groups -OCH3 is 5. The smallest absolute Gasteiger partial charge is 0.239 e. The number of rotatable bonds is 13. The molecule has 0 amide bonds. The molecule has 0 bridgehead atoms. The van der Waals surface area contributed by atoms with Crippen LogP contribution in [0, 0.1) is 0 Å². The van der Waals surface area contributed by atoms with Crippen molar-refractivity contribution in [2.75, 3.05) is 47.9 Å². The predicted molar refractivity (Wildman–Crippen MR) is 196 cm³/mol. The van der Waals surface area contributed by atoms with Crippen LogP contribution < -0.4 is 33.8 Å². The van der Waals surface area contributed by atoms with Crippen LogP contribution in [0.5, 0.6) is 34.5 Å². The zero-order chi connectivity index (χ0) is 34.5. The van der Waals surface area contributed by atoms with E-state index in [4.69, 9.17) is 37.8 Å². The van der Waals surface area contributed by atoms with Crippen molar-refractivity contribution in [3.8, 4) is 57.1 Å². The van der Waals surface area contributed by atoms with Gasteiger partial charge in [-0.05, 0) is 36.8 Å². The van der Waals surface area contributed by atoms with Crippen LogP contribution >= 0.6 is 27.7 Å². The lowest BCUT2D eigenvalue weighted by Gasteiger charge is -2.17. The van der Waals surface area contributed by atoms with E-state index >= 15 is 0 Å². The third-order valence-electron chi connectivity index (χ3n) is 7.89. The Morgan fingerprint density at radius 2 is 1.49 bits per heavy atom. The van der Waals surface area contributed by atoms with Gasteiger partial charge in [0.05, 0.1) is 53.4 Å². The molecule has 0 unspecified atom stereocenters. The zero-order valence-corrected chi connectivity index (χ0v) is 30.0. The minimum Gasteiger partial charge on any atom is -0.496 e. The maximum atomic E-state index is 14.2. The highest BCUT2D eigenvalue weighted by Gasteiger charge is 2.24. The van der Waals surface area contributed by atoms with Gasteiger partial charge in [0.1, 0.15) is 22.5 Å². The Morgan fingerprint density at radius 3 is 2.18 bits per heavy atom. The number of fused-ring (bicyclic) bond motifs is 2. The molecule has 4 aromatic carbocycles. The molecule has 0 radical (unpaired) electrons. The molecule has 0 atom stereocenters. The normalized spacial score (nSPS) is 11.1. The van der Waals surface area contributed by atoms with Crippen LogP contribution in [0.1, 0.15) is 6.42 Å². The molecule has 0 aliphatic heterocycles.